The molecule has 1 saturated heterocycles. The van der Waals surface area contributed by atoms with E-state index in [1.54, 1.807) is 5.57 Å². The number of piperidine rings is 1. The minimum Gasteiger partial charge on any atom is -0.484 e. The smallest absolute Gasteiger partial charge is 0.136 e. The molecule has 2 aliphatic heterocycles. The highest BCUT2D eigenvalue weighted by molar-refractivity contribution is 5.66. The summed E-state index contributed by atoms with van der Waals surface area (Å²) in [6.45, 7) is 4.67. The van der Waals surface area contributed by atoms with Crippen LogP contribution in [0.25, 0.3) is 0 Å². The Kier molecular flexibility index (Phi) is 3.12. The van der Waals surface area contributed by atoms with Crippen LogP contribution >= 0.6 is 0 Å². The number of hydrogen-bond acceptors (Lipinski definition) is 3. The maximum atomic E-state index is 9.98. The van der Waals surface area contributed by atoms with E-state index < -0.39 is 0 Å². The molecule has 26 heavy (non-hydrogen) atoms. The van der Waals surface area contributed by atoms with Gasteiger partial charge in [0.25, 0.3) is 0 Å². The number of rotatable bonds is 3. The van der Waals surface area contributed by atoms with Crippen LogP contribution in [0.2, 0.25) is 0 Å². The van der Waals surface area contributed by atoms with Crippen LogP contribution in [0.1, 0.15) is 42.4 Å². The van der Waals surface area contributed by atoms with Gasteiger partial charge in [0.15, 0.2) is 0 Å². The zero-order valence-electron chi connectivity index (χ0n) is 15.5. The molecule has 3 aliphatic carbocycles. The van der Waals surface area contributed by atoms with Crippen molar-refractivity contribution >= 4 is 0 Å². The van der Waals surface area contributed by atoms with E-state index in [0.717, 1.165) is 36.6 Å². The third-order valence-electron chi connectivity index (χ3n) is 7.81. The number of benzene rings is 1. The van der Waals surface area contributed by atoms with Crippen LogP contribution in [-0.4, -0.2) is 41.8 Å². The molecule has 1 aromatic carbocycles. The predicted octanol–water partition coefficient (Wildman–Crippen LogP) is 3.28. The molecule has 3 atom stereocenters. The van der Waals surface area contributed by atoms with Gasteiger partial charge in [0.05, 0.1) is 12.0 Å². The average molecular weight is 349 g/mol. The molecule has 1 aromatic rings. The van der Waals surface area contributed by atoms with Crippen molar-refractivity contribution in [3.63, 3.8) is 0 Å². The van der Waals surface area contributed by atoms with Crippen molar-refractivity contribution in [1.82, 2.24) is 4.90 Å². The Labute approximate surface area is 155 Å². The SMILES string of the molecule is Cc1ccc2c3c1OC1C(CO)=CC=C4[C@H](C2)N(CC2CCC2)CC[C@@]431. The van der Waals surface area contributed by atoms with Gasteiger partial charge in [-0.1, -0.05) is 30.7 Å². The van der Waals surface area contributed by atoms with Gasteiger partial charge in [0.2, 0.25) is 0 Å². The van der Waals surface area contributed by atoms with E-state index in [4.69, 9.17) is 4.74 Å². The molecule has 2 heterocycles. The lowest BCUT2D eigenvalue weighted by Gasteiger charge is -2.54. The van der Waals surface area contributed by atoms with Gasteiger partial charge in [-0.15, -0.1) is 0 Å². The van der Waals surface area contributed by atoms with Gasteiger partial charge in [0, 0.05) is 24.7 Å². The number of aliphatic hydroxyl groups is 1. The summed E-state index contributed by atoms with van der Waals surface area (Å²) < 4.78 is 6.57. The Morgan fingerprint density at radius 2 is 2.15 bits per heavy atom. The fourth-order valence-corrected chi connectivity index (χ4v) is 6.30. The van der Waals surface area contributed by atoms with Crippen LogP contribution in [0.3, 0.4) is 0 Å². The Morgan fingerprint density at radius 3 is 2.92 bits per heavy atom. The largest absolute Gasteiger partial charge is 0.484 e. The molecule has 1 saturated carbocycles. The molecule has 136 valence electrons. The second kappa shape index (κ2) is 5.24. The predicted molar refractivity (Wildman–Crippen MR) is 102 cm³/mol. The van der Waals surface area contributed by atoms with Crippen LogP contribution < -0.4 is 4.74 Å². The number of ether oxygens (including phenoxy) is 1. The molecule has 1 N–H and O–H groups in total. The van der Waals surface area contributed by atoms with Crippen LogP contribution in [-0.2, 0) is 11.8 Å². The first-order chi connectivity index (χ1) is 12.7. The van der Waals surface area contributed by atoms with Gasteiger partial charge in [-0.3, -0.25) is 4.90 Å². The lowest BCUT2D eigenvalue weighted by molar-refractivity contribution is 0.0678. The molecule has 2 bridgehead atoms. The van der Waals surface area contributed by atoms with Crippen LogP contribution in [0.15, 0.2) is 35.4 Å². The molecule has 3 nitrogen and oxygen atoms in total. The Balaban J connectivity index is 1.52. The standard InChI is InChI=1S/C23H27NO2/c1-14-5-6-16-11-19-18-8-7-17(13-25)22-23(18,20(16)21(14)26-22)9-10-24(19)12-15-3-2-4-15/h5-8,15,19,22,25H,2-4,9-13H2,1H3/t19-,22?,23+/m0/s1. The third-order valence-corrected chi connectivity index (χ3v) is 7.81. The van der Waals surface area contributed by atoms with E-state index >= 15 is 0 Å². The highest BCUT2D eigenvalue weighted by Crippen LogP contribution is 2.61. The van der Waals surface area contributed by atoms with Crippen molar-refractivity contribution < 1.29 is 9.84 Å². The van der Waals surface area contributed by atoms with Crippen molar-refractivity contribution in [2.75, 3.05) is 19.7 Å². The quantitative estimate of drug-likeness (QED) is 0.909. The van der Waals surface area contributed by atoms with E-state index in [1.165, 1.54) is 42.5 Å². The lowest BCUT2D eigenvalue weighted by atomic mass is 9.56. The Bertz CT molecular complexity index is 850. The Hall–Kier alpha value is -1.58. The van der Waals surface area contributed by atoms with E-state index in [2.05, 4.69) is 36.1 Å². The summed E-state index contributed by atoms with van der Waals surface area (Å²) in [5, 5.41) is 9.98. The molecule has 5 aliphatic rings. The molecule has 2 fully saturated rings. The van der Waals surface area contributed by atoms with Crippen molar-refractivity contribution in [3.8, 4) is 5.75 Å². The van der Waals surface area contributed by atoms with Gasteiger partial charge in [-0.05, 0) is 60.8 Å². The molecule has 0 aromatic heterocycles. The summed E-state index contributed by atoms with van der Waals surface area (Å²) >= 11 is 0. The molecular formula is C23H27NO2. The number of likely N-dealkylation sites (tertiary alicyclic amines) is 1. The first-order valence-electron chi connectivity index (χ1n) is 10.3. The maximum absolute atomic E-state index is 9.98. The molecule has 3 heteroatoms. The van der Waals surface area contributed by atoms with E-state index in [1.807, 2.05) is 0 Å². The van der Waals surface area contributed by atoms with Crippen LogP contribution in [0.5, 0.6) is 5.75 Å². The molecule has 0 radical (unpaired) electrons. The molecular weight excluding hydrogens is 322 g/mol. The second-order valence-electron chi connectivity index (χ2n) is 9.00. The summed E-state index contributed by atoms with van der Waals surface area (Å²) in [6, 6.07) is 5.08. The van der Waals surface area contributed by atoms with E-state index in [0.29, 0.717) is 6.04 Å². The van der Waals surface area contributed by atoms with E-state index in [-0.39, 0.29) is 18.1 Å². The minimum absolute atomic E-state index is 0.00370. The second-order valence-corrected chi connectivity index (χ2v) is 9.00. The van der Waals surface area contributed by atoms with Crippen molar-refractivity contribution in [1.29, 1.82) is 0 Å². The van der Waals surface area contributed by atoms with Crippen LogP contribution in [0.4, 0.5) is 0 Å². The monoisotopic (exact) mass is 349 g/mol. The zero-order chi connectivity index (χ0) is 17.5. The van der Waals surface area contributed by atoms with Gasteiger partial charge in [0.1, 0.15) is 11.9 Å². The average Bonchev–Trinajstić information content (AvgIpc) is 2.96. The minimum atomic E-state index is -0.0253. The van der Waals surface area contributed by atoms with Gasteiger partial charge in [-0.25, -0.2) is 0 Å². The summed E-state index contributed by atoms with van der Waals surface area (Å²) in [6.07, 6.45) is 10.9. The number of hydrogen-bond donors (Lipinski definition) is 1. The molecule has 0 amide bonds. The van der Waals surface area contributed by atoms with Crippen molar-refractivity contribution in [2.45, 2.75) is 56.6 Å². The molecule has 1 spiro atoms. The normalized spacial score (nSPS) is 34.5. The number of aryl methyl sites for hydroxylation is 1. The summed E-state index contributed by atoms with van der Waals surface area (Å²) in [7, 11) is 0. The number of allylic oxidation sites excluding steroid dienone is 2. The first-order valence-corrected chi connectivity index (χ1v) is 10.3. The maximum Gasteiger partial charge on any atom is 0.136 e. The van der Waals surface area contributed by atoms with Gasteiger partial charge < -0.3 is 9.84 Å². The fraction of sp³-hybridized carbons (Fsp3) is 0.565. The summed E-state index contributed by atoms with van der Waals surface area (Å²) in [4.78, 5) is 2.76. The number of nitrogens with zero attached hydrogens (tertiary/aromatic N) is 1. The lowest BCUT2D eigenvalue weighted by Crippen LogP contribution is -2.60. The van der Waals surface area contributed by atoms with Gasteiger partial charge in [-0.2, -0.15) is 0 Å². The third kappa shape index (κ3) is 1.76. The summed E-state index contributed by atoms with van der Waals surface area (Å²) in [5.74, 6) is 2.01. The van der Waals surface area contributed by atoms with Crippen LogP contribution in [0, 0.1) is 12.8 Å². The highest BCUT2D eigenvalue weighted by atomic mass is 16.5. The highest BCUT2D eigenvalue weighted by Gasteiger charge is 2.61. The Morgan fingerprint density at radius 1 is 1.27 bits per heavy atom. The van der Waals surface area contributed by atoms with E-state index in [9.17, 15) is 5.11 Å². The fourth-order valence-electron chi connectivity index (χ4n) is 6.30. The topological polar surface area (TPSA) is 32.7 Å². The molecule has 6 rings (SSSR count). The number of aliphatic hydroxyl groups excluding tert-OH is 1. The molecule has 1 unspecified atom stereocenters. The zero-order valence-corrected chi connectivity index (χ0v) is 15.5. The van der Waals surface area contributed by atoms with Gasteiger partial charge >= 0.3 is 0 Å². The summed E-state index contributed by atoms with van der Waals surface area (Å²) in [5.41, 5.74) is 6.74. The van der Waals surface area contributed by atoms with Crippen molar-refractivity contribution in [3.05, 3.63) is 52.1 Å². The first kappa shape index (κ1) is 15.5. The van der Waals surface area contributed by atoms with Crippen molar-refractivity contribution in [2.24, 2.45) is 5.92 Å².